The van der Waals surface area contributed by atoms with Gasteiger partial charge in [-0.25, -0.2) is 38.1 Å². The van der Waals surface area contributed by atoms with E-state index in [1.165, 1.54) is 115 Å². The second-order valence-corrected chi connectivity index (χ2v) is 20.2. The molecule has 0 aliphatic heterocycles. The van der Waals surface area contributed by atoms with Gasteiger partial charge < -0.3 is 0 Å². The average Bonchev–Trinajstić information content (AvgIpc) is 3.10. The maximum absolute atomic E-state index is 14.7. The molecule has 53 heavy (non-hydrogen) atoms. The van der Waals surface area contributed by atoms with E-state index in [2.05, 4.69) is 0 Å². The van der Waals surface area contributed by atoms with Crippen molar-refractivity contribution in [2.75, 3.05) is 6.54 Å². The van der Waals surface area contributed by atoms with E-state index in [1.54, 1.807) is 27.7 Å². The highest BCUT2D eigenvalue weighted by Crippen LogP contribution is 2.32. The maximum Gasteiger partial charge on any atom is 0.256 e. The average molecular weight is 797 g/mol. The molecule has 0 fully saturated rings. The number of aryl methyl sites for hydroxylation is 4. The third-order valence-corrected chi connectivity index (χ3v) is 17.0. The highest BCUT2D eigenvalue weighted by Gasteiger charge is 2.46. The molecule has 10 nitrogen and oxygen atoms in total. The molecule has 1 unspecified atom stereocenters. The molecule has 5 rings (SSSR count). The van der Waals surface area contributed by atoms with Crippen LogP contribution in [0.5, 0.6) is 0 Å². The fourth-order valence-corrected chi connectivity index (χ4v) is 12.8. The van der Waals surface area contributed by atoms with E-state index >= 15 is 0 Å². The minimum absolute atomic E-state index is 0.122. The van der Waals surface area contributed by atoms with Crippen LogP contribution in [0.15, 0.2) is 147 Å². The van der Waals surface area contributed by atoms with Crippen LogP contribution >= 0.6 is 0 Å². The van der Waals surface area contributed by atoms with Gasteiger partial charge in [0.2, 0.25) is 0 Å². The van der Waals surface area contributed by atoms with Crippen molar-refractivity contribution in [1.82, 2.24) is 7.42 Å². The Hall–Kier alpha value is -4.51. The predicted octanol–water partition coefficient (Wildman–Crippen LogP) is 6.60. The van der Waals surface area contributed by atoms with E-state index in [1.807, 2.05) is 0 Å². The molecule has 1 atom stereocenters. The van der Waals surface area contributed by atoms with Gasteiger partial charge in [-0.05, 0) is 93.9 Å². The smallest absolute Gasteiger partial charge is 0.207 e. The molecule has 0 saturated heterocycles. The molecule has 278 valence electrons. The van der Waals surface area contributed by atoms with E-state index in [4.69, 9.17) is 0 Å². The molecule has 5 aromatic carbocycles. The number of halogens is 1. The van der Waals surface area contributed by atoms with Crippen LogP contribution in [-0.4, -0.2) is 53.7 Å². The monoisotopic (exact) mass is 796 g/mol. The first-order valence-corrected chi connectivity index (χ1v) is 21.9. The van der Waals surface area contributed by atoms with Gasteiger partial charge in [-0.15, -0.1) is 0 Å². The quantitative estimate of drug-likeness (QED) is 0.130. The van der Waals surface area contributed by atoms with Crippen molar-refractivity contribution in [2.45, 2.75) is 53.3 Å². The fourth-order valence-electron chi connectivity index (χ4n) is 5.24. The molecule has 5 aromatic rings. The number of nitrogens with zero attached hydrogens (tertiary/aromatic N) is 2. The standard InChI is InChI=1S/C38H37FN2O8S4/c1-28-5-19-35(20-6-28)50(42,43)40(51(44,45)36-21-7-29(2)8-22-36)27-34(18-15-32-13-16-33(39)17-14-32)41(52(46,47)37-23-9-30(3)10-24-37)53(48,49)38-25-11-31(4)12-26-38/h5-26,34H,27H2,1-4H3/b18-15+. The lowest BCUT2D eigenvalue weighted by atomic mass is 10.2. The summed E-state index contributed by atoms with van der Waals surface area (Å²) in [4.78, 5) is -1.77. The first-order chi connectivity index (χ1) is 24.8. The van der Waals surface area contributed by atoms with Crippen molar-refractivity contribution in [3.05, 3.63) is 161 Å². The molecule has 0 aliphatic rings. The Balaban J connectivity index is 1.82. The van der Waals surface area contributed by atoms with Crippen LogP contribution in [0.4, 0.5) is 4.39 Å². The Morgan fingerprint density at radius 3 is 1.09 bits per heavy atom. The van der Waals surface area contributed by atoms with Gasteiger partial charge in [-0.1, -0.05) is 102 Å². The zero-order valence-electron chi connectivity index (χ0n) is 29.2. The molecular formula is C38H37FN2O8S4. The second-order valence-electron chi connectivity index (χ2n) is 12.4. The number of rotatable bonds is 13. The summed E-state index contributed by atoms with van der Waals surface area (Å²) in [5.41, 5.74) is 2.98. The van der Waals surface area contributed by atoms with Crippen LogP contribution in [0.1, 0.15) is 27.8 Å². The minimum atomic E-state index is -5.10. The highest BCUT2D eigenvalue weighted by molar-refractivity contribution is 8.04. The number of hydrogen-bond acceptors (Lipinski definition) is 8. The molecule has 0 saturated carbocycles. The van der Waals surface area contributed by atoms with Gasteiger partial charge in [0.05, 0.1) is 32.2 Å². The number of sulfonamides is 4. The summed E-state index contributed by atoms with van der Waals surface area (Å²) in [6.07, 6.45) is 2.34. The molecule has 0 amide bonds. The Morgan fingerprint density at radius 1 is 0.472 bits per heavy atom. The van der Waals surface area contributed by atoms with Crippen molar-refractivity contribution in [3.63, 3.8) is 0 Å². The van der Waals surface area contributed by atoms with Crippen LogP contribution in [0, 0.1) is 33.5 Å². The maximum atomic E-state index is 14.7. The molecule has 0 aromatic heterocycles. The third-order valence-electron chi connectivity index (χ3n) is 8.27. The van der Waals surface area contributed by atoms with E-state index in [0.717, 1.165) is 18.2 Å². The SMILES string of the molecule is Cc1ccc(S(=O)(=O)N(CC(/C=C/c2ccc(F)cc2)N(S(=O)(=O)c2ccc(C)cc2)S(=O)(=O)c2ccc(C)cc2)S(=O)(=O)c2ccc(C)cc2)cc1. The van der Waals surface area contributed by atoms with Crippen LogP contribution in [0.25, 0.3) is 6.08 Å². The van der Waals surface area contributed by atoms with E-state index in [-0.39, 0.29) is 13.0 Å². The van der Waals surface area contributed by atoms with Crippen LogP contribution in [-0.2, 0) is 40.1 Å². The Morgan fingerprint density at radius 2 is 0.774 bits per heavy atom. The summed E-state index contributed by atoms with van der Waals surface area (Å²) < 4.78 is 131. The zero-order chi connectivity index (χ0) is 38.8. The summed E-state index contributed by atoms with van der Waals surface area (Å²) in [6, 6.07) is 24.2. The van der Waals surface area contributed by atoms with Crippen LogP contribution in [0.3, 0.4) is 0 Å². The molecule has 0 N–H and O–H groups in total. The van der Waals surface area contributed by atoms with E-state index < -0.39 is 78.1 Å². The Bertz CT molecular complexity index is 2410. The number of hydrogen-bond donors (Lipinski definition) is 0. The first kappa shape index (κ1) is 39.7. The Labute approximate surface area is 311 Å². The lowest BCUT2D eigenvalue weighted by Crippen LogP contribution is -2.51. The van der Waals surface area contributed by atoms with Gasteiger partial charge in [0.25, 0.3) is 40.1 Å². The summed E-state index contributed by atoms with van der Waals surface area (Å²) >= 11 is 0. The summed E-state index contributed by atoms with van der Waals surface area (Å²) in [6.45, 7) is 5.60. The summed E-state index contributed by atoms with van der Waals surface area (Å²) in [5, 5.41) is 0. The van der Waals surface area contributed by atoms with Crippen LogP contribution in [0.2, 0.25) is 0 Å². The minimum Gasteiger partial charge on any atom is -0.207 e. The molecule has 15 heteroatoms. The molecule has 0 radical (unpaired) electrons. The lowest BCUT2D eigenvalue weighted by Gasteiger charge is -2.32. The predicted molar refractivity (Wildman–Crippen MR) is 201 cm³/mol. The topological polar surface area (TPSA) is 143 Å². The van der Waals surface area contributed by atoms with Crippen molar-refractivity contribution >= 4 is 46.2 Å². The van der Waals surface area contributed by atoms with Gasteiger partial charge in [0.15, 0.2) is 0 Å². The van der Waals surface area contributed by atoms with Gasteiger partial charge in [-0.2, -0.15) is 0 Å². The van der Waals surface area contributed by atoms with Crippen molar-refractivity contribution in [1.29, 1.82) is 0 Å². The Kier molecular flexibility index (Phi) is 11.6. The molecule has 0 bridgehead atoms. The third kappa shape index (κ3) is 8.67. The van der Waals surface area contributed by atoms with E-state index in [0.29, 0.717) is 22.3 Å². The summed E-state index contributed by atoms with van der Waals surface area (Å²) in [5.74, 6) is -0.580. The molecular weight excluding hydrogens is 760 g/mol. The second kappa shape index (κ2) is 15.5. The zero-order valence-corrected chi connectivity index (χ0v) is 32.4. The van der Waals surface area contributed by atoms with E-state index in [9.17, 15) is 38.1 Å². The first-order valence-electron chi connectivity index (χ1n) is 16.1. The molecule has 0 heterocycles. The highest BCUT2D eigenvalue weighted by atomic mass is 32.3. The normalized spacial score (nSPS) is 13.5. The van der Waals surface area contributed by atoms with Crippen LogP contribution < -0.4 is 0 Å². The van der Waals surface area contributed by atoms with Crippen molar-refractivity contribution in [3.8, 4) is 0 Å². The fraction of sp³-hybridized carbons (Fsp3) is 0.158. The van der Waals surface area contributed by atoms with Gasteiger partial charge in [-0.3, -0.25) is 0 Å². The largest absolute Gasteiger partial charge is 0.256 e. The molecule has 0 spiro atoms. The van der Waals surface area contributed by atoms with Crippen molar-refractivity contribution < 1.29 is 38.1 Å². The lowest BCUT2D eigenvalue weighted by molar-refractivity contribution is 0.414. The number of benzene rings is 5. The van der Waals surface area contributed by atoms with Gasteiger partial charge in [0.1, 0.15) is 5.82 Å². The van der Waals surface area contributed by atoms with Crippen molar-refractivity contribution in [2.24, 2.45) is 0 Å². The summed E-state index contributed by atoms with van der Waals surface area (Å²) in [7, 11) is -20.3. The molecule has 0 aliphatic carbocycles. The van der Waals surface area contributed by atoms with Gasteiger partial charge >= 0.3 is 0 Å². The van der Waals surface area contributed by atoms with Gasteiger partial charge in [0, 0.05) is 0 Å².